The zero-order chi connectivity index (χ0) is 12.8. The fraction of sp³-hybridized carbons (Fsp3) is 1.00. The molecule has 0 amide bonds. The summed E-state index contributed by atoms with van der Waals surface area (Å²) in [6.45, 7) is -1.09. The van der Waals surface area contributed by atoms with Gasteiger partial charge in [0.05, 0.1) is 0 Å². The molecule has 9 heteroatoms. The Morgan fingerprint density at radius 3 is 1.88 bits per heavy atom. The van der Waals surface area contributed by atoms with E-state index in [1.54, 1.807) is 0 Å². The first-order chi connectivity index (χ1) is 7.99. The SMILES string of the molecule is FC1CNC(F)C[N]([Ti])C(F)CNC(F)CN1. The molecule has 17 heavy (non-hydrogen) atoms. The molecular weight excluding hydrogens is 276 g/mol. The second kappa shape index (κ2) is 7.65. The number of nitrogens with one attached hydrogen (secondary N) is 3. The molecule has 0 aromatic carbocycles. The fourth-order valence-corrected chi connectivity index (χ4v) is 1.69. The second-order valence-corrected chi connectivity index (χ2v) is 4.61. The number of nitrogens with zero attached hydrogens (tertiary/aromatic N) is 1. The molecule has 4 nitrogen and oxygen atoms in total. The summed E-state index contributed by atoms with van der Waals surface area (Å²) >= 11 is 1.38. The van der Waals surface area contributed by atoms with Crippen LogP contribution in [0.1, 0.15) is 0 Å². The quantitative estimate of drug-likeness (QED) is 0.326. The van der Waals surface area contributed by atoms with Crippen LogP contribution in [0.5, 0.6) is 0 Å². The van der Waals surface area contributed by atoms with E-state index in [0.29, 0.717) is 0 Å². The van der Waals surface area contributed by atoms with E-state index in [2.05, 4.69) is 16.0 Å². The third kappa shape index (κ3) is 6.12. The van der Waals surface area contributed by atoms with Crippen molar-refractivity contribution in [3.63, 3.8) is 0 Å². The van der Waals surface area contributed by atoms with Crippen LogP contribution in [-0.2, 0) is 20.7 Å². The first-order valence-corrected chi connectivity index (χ1v) is 5.93. The predicted molar refractivity (Wildman–Crippen MR) is 50.3 cm³/mol. The molecular formula is C8H15F4N4Ti. The molecule has 4 atom stereocenters. The summed E-state index contributed by atoms with van der Waals surface area (Å²) in [7, 11) is 0. The van der Waals surface area contributed by atoms with Gasteiger partial charge in [0.25, 0.3) is 0 Å². The molecule has 0 aliphatic carbocycles. The van der Waals surface area contributed by atoms with Gasteiger partial charge in [-0.1, -0.05) is 0 Å². The Morgan fingerprint density at radius 2 is 1.29 bits per heavy atom. The summed E-state index contributed by atoms with van der Waals surface area (Å²) in [6, 6.07) is 0. The summed E-state index contributed by atoms with van der Waals surface area (Å²) in [4.78, 5) is 0. The molecule has 1 fully saturated rings. The first kappa shape index (κ1) is 15.3. The average molecular weight is 291 g/mol. The summed E-state index contributed by atoms with van der Waals surface area (Å²) < 4.78 is 53.9. The van der Waals surface area contributed by atoms with Crippen LogP contribution in [0.4, 0.5) is 17.6 Å². The standard InChI is InChI=1S/C8H15F4N4.Ti/c9-5-1-13-6(10)2-15-8(12)4-16-7(11)3-14-5;/h5-8,13-15H,1-4H2;/q-1;+1. The van der Waals surface area contributed by atoms with Crippen molar-refractivity contribution in [2.75, 3.05) is 26.2 Å². The summed E-state index contributed by atoms with van der Waals surface area (Å²) in [5, 5.41) is 6.75. The van der Waals surface area contributed by atoms with Crippen molar-refractivity contribution < 1.29 is 38.3 Å². The number of hydrogen-bond acceptors (Lipinski definition) is 4. The zero-order valence-electron chi connectivity index (χ0n) is 9.10. The maximum absolute atomic E-state index is 13.4. The van der Waals surface area contributed by atoms with Crippen LogP contribution in [0.3, 0.4) is 0 Å². The Balaban J connectivity index is 2.50. The first-order valence-electron chi connectivity index (χ1n) is 5.23. The van der Waals surface area contributed by atoms with Gasteiger partial charge in [0.2, 0.25) is 0 Å². The Morgan fingerprint density at radius 1 is 0.824 bits per heavy atom. The van der Waals surface area contributed by atoms with Crippen LogP contribution in [0.2, 0.25) is 0 Å². The second-order valence-electron chi connectivity index (χ2n) is 3.71. The summed E-state index contributed by atoms with van der Waals surface area (Å²) in [6.07, 6.45) is -6.10. The van der Waals surface area contributed by atoms with Crippen LogP contribution in [-0.4, -0.2) is 54.7 Å². The molecule has 0 spiro atoms. The van der Waals surface area contributed by atoms with E-state index >= 15 is 0 Å². The van der Waals surface area contributed by atoms with Gasteiger partial charge in [-0.25, -0.2) is 0 Å². The van der Waals surface area contributed by atoms with Crippen LogP contribution < -0.4 is 16.0 Å². The van der Waals surface area contributed by atoms with Gasteiger partial charge in [0, 0.05) is 0 Å². The molecule has 0 aromatic heterocycles. The van der Waals surface area contributed by atoms with Crippen LogP contribution >= 0.6 is 0 Å². The van der Waals surface area contributed by atoms with E-state index in [1.807, 2.05) is 0 Å². The molecule has 0 radical (unpaired) electrons. The summed E-state index contributed by atoms with van der Waals surface area (Å²) in [5.41, 5.74) is 0. The fourth-order valence-electron chi connectivity index (χ4n) is 1.29. The van der Waals surface area contributed by atoms with Crippen molar-refractivity contribution in [3.05, 3.63) is 0 Å². The van der Waals surface area contributed by atoms with Crippen LogP contribution in [0, 0.1) is 0 Å². The number of rotatable bonds is 0. The third-order valence-corrected chi connectivity index (χ3v) is 2.96. The van der Waals surface area contributed by atoms with Crippen molar-refractivity contribution in [2.45, 2.75) is 25.2 Å². The molecule has 1 heterocycles. The van der Waals surface area contributed by atoms with Gasteiger partial charge in [-0.2, -0.15) is 0 Å². The molecule has 99 valence electrons. The third-order valence-electron chi connectivity index (χ3n) is 2.24. The van der Waals surface area contributed by atoms with E-state index in [-0.39, 0.29) is 26.2 Å². The molecule has 3 N–H and O–H groups in total. The van der Waals surface area contributed by atoms with Crippen molar-refractivity contribution in [1.82, 2.24) is 19.3 Å². The van der Waals surface area contributed by atoms with Gasteiger partial charge in [-0.15, -0.1) is 0 Å². The molecule has 1 rings (SSSR count). The van der Waals surface area contributed by atoms with E-state index in [4.69, 9.17) is 0 Å². The Kier molecular flexibility index (Phi) is 6.90. The number of hydrogen-bond donors (Lipinski definition) is 3. The molecule has 1 aliphatic rings. The molecule has 1 aliphatic heterocycles. The topological polar surface area (TPSA) is 39.3 Å². The van der Waals surface area contributed by atoms with Crippen molar-refractivity contribution in [3.8, 4) is 0 Å². The maximum atomic E-state index is 13.4. The Labute approximate surface area is 109 Å². The average Bonchev–Trinajstić information content (AvgIpc) is 2.29. The van der Waals surface area contributed by atoms with Gasteiger partial charge in [-0.05, 0) is 0 Å². The van der Waals surface area contributed by atoms with Gasteiger partial charge in [-0.3, -0.25) is 0 Å². The minimum atomic E-state index is -1.54. The van der Waals surface area contributed by atoms with Crippen molar-refractivity contribution in [2.24, 2.45) is 0 Å². The van der Waals surface area contributed by atoms with E-state index in [0.717, 1.165) is 3.38 Å². The van der Waals surface area contributed by atoms with Crippen LogP contribution in [0.15, 0.2) is 0 Å². The summed E-state index contributed by atoms with van der Waals surface area (Å²) in [5.74, 6) is 0. The minimum absolute atomic E-state index is 0.230. The molecule has 0 aromatic rings. The molecule has 4 unspecified atom stereocenters. The van der Waals surface area contributed by atoms with Gasteiger partial charge in [0.15, 0.2) is 0 Å². The van der Waals surface area contributed by atoms with Crippen LogP contribution in [0.25, 0.3) is 0 Å². The molecule has 1 saturated heterocycles. The molecule has 0 saturated carbocycles. The van der Waals surface area contributed by atoms with Gasteiger partial charge >= 0.3 is 109 Å². The predicted octanol–water partition coefficient (Wildman–Crippen LogP) is -0.285. The number of halogens is 4. The Hall–Kier alpha value is 0.274. The van der Waals surface area contributed by atoms with E-state index in [1.165, 1.54) is 20.7 Å². The zero-order valence-corrected chi connectivity index (χ0v) is 10.7. The van der Waals surface area contributed by atoms with E-state index < -0.39 is 25.2 Å². The Bertz CT molecular complexity index is 226. The monoisotopic (exact) mass is 291 g/mol. The van der Waals surface area contributed by atoms with E-state index in [9.17, 15) is 17.6 Å². The normalized spacial score (nSPS) is 39.2. The molecule has 0 bridgehead atoms. The number of alkyl halides is 4. The van der Waals surface area contributed by atoms with Crippen molar-refractivity contribution in [1.29, 1.82) is 0 Å². The van der Waals surface area contributed by atoms with Gasteiger partial charge < -0.3 is 0 Å². The van der Waals surface area contributed by atoms with Gasteiger partial charge in [0.1, 0.15) is 0 Å². The van der Waals surface area contributed by atoms with Crippen molar-refractivity contribution >= 4 is 0 Å².